The molecule has 1 heterocycles. The summed E-state index contributed by atoms with van der Waals surface area (Å²) in [6.07, 6.45) is 1.50. The first-order valence-corrected chi connectivity index (χ1v) is 9.97. The Bertz CT molecular complexity index is 1220. The van der Waals surface area contributed by atoms with Crippen LogP contribution in [0.4, 0.5) is 0 Å². The molecule has 0 aliphatic heterocycles. The molecule has 1 aromatic heterocycles. The second-order valence-electron chi connectivity index (χ2n) is 9.30. The lowest BCUT2D eigenvalue weighted by Gasteiger charge is -2.26. The Morgan fingerprint density at radius 3 is 2.34 bits per heavy atom. The van der Waals surface area contributed by atoms with Crippen LogP contribution in [0.1, 0.15) is 58.2 Å². The van der Waals surface area contributed by atoms with Crippen molar-refractivity contribution in [1.82, 2.24) is 9.66 Å². The number of fused-ring (bicyclic) bond motifs is 1. The molecule has 0 bridgehead atoms. The first-order valence-electron chi connectivity index (χ1n) is 9.56. The Morgan fingerprint density at radius 1 is 1.07 bits per heavy atom. The molecule has 0 aliphatic rings. The van der Waals surface area contributed by atoms with Crippen LogP contribution in [0, 0.1) is 4.77 Å². The molecule has 0 aliphatic carbocycles. The van der Waals surface area contributed by atoms with Crippen LogP contribution in [0.2, 0.25) is 0 Å². The monoisotopic (exact) mass is 409 g/mol. The number of hydrogen-bond donors (Lipinski definition) is 2. The van der Waals surface area contributed by atoms with Crippen molar-refractivity contribution >= 4 is 29.3 Å². The molecule has 3 aromatic rings. The summed E-state index contributed by atoms with van der Waals surface area (Å²) in [5, 5.41) is 15.7. The molecule has 2 aromatic carbocycles. The van der Waals surface area contributed by atoms with Gasteiger partial charge in [-0.3, -0.25) is 4.79 Å². The number of rotatable bonds is 2. The molecule has 0 saturated carbocycles. The van der Waals surface area contributed by atoms with E-state index in [0.29, 0.717) is 16.5 Å². The van der Waals surface area contributed by atoms with Crippen molar-refractivity contribution in [3.8, 4) is 5.75 Å². The van der Waals surface area contributed by atoms with Gasteiger partial charge in [0, 0.05) is 11.1 Å². The highest BCUT2D eigenvalue weighted by Crippen LogP contribution is 2.37. The van der Waals surface area contributed by atoms with Crippen molar-refractivity contribution in [3.05, 3.63) is 68.2 Å². The lowest BCUT2D eigenvalue weighted by Crippen LogP contribution is -2.19. The summed E-state index contributed by atoms with van der Waals surface area (Å²) < 4.78 is 1.35. The molecule has 0 spiro atoms. The number of aromatic nitrogens is 2. The topological polar surface area (TPSA) is 70.4 Å². The third-order valence-corrected chi connectivity index (χ3v) is 5.18. The molecule has 5 nitrogen and oxygen atoms in total. The van der Waals surface area contributed by atoms with E-state index < -0.39 is 0 Å². The van der Waals surface area contributed by atoms with Gasteiger partial charge in [0.25, 0.3) is 5.56 Å². The fraction of sp³-hybridized carbons (Fsp3) is 0.348. The van der Waals surface area contributed by atoms with Crippen molar-refractivity contribution in [1.29, 1.82) is 0 Å². The van der Waals surface area contributed by atoms with E-state index in [2.05, 4.69) is 51.6 Å². The molecule has 0 unspecified atom stereocenters. The quantitative estimate of drug-likeness (QED) is 0.449. The number of benzene rings is 2. The van der Waals surface area contributed by atoms with E-state index in [9.17, 15) is 9.90 Å². The maximum absolute atomic E-state index is 12.8. The summed E-state index contributed by atoms with van der Waals surface area (Å²) in [5.74, 6) is 0.165. The minimum Gasteiger partial charge on any atom is -0.507 e. The molecule has 2 N–H and O–H groups in total. The van der Waals surface area contributed by atoms with Gasteiger partial charge < -0.3 is 10.1 Å². The number of nitrogens with one attached hydrogen (secondary N) is 1. The highest BCUT2D eigenvalue weighted by atomic mass is 32.1. The summed E-state index contributed by atoms with van der Waals surface area (Å²) in [6, 6.07) is 11.1. The molecular formula is C23H27N3O2S. The van der Waals surface area contributed by atoms with Gasteiger partial charge in [0.15, 0.2) is 0 Å². The molecule has 3 rings (SSSR count). The number of phenols is 1. The molecule has 0 amide bonds. The first-order chi connectivity index (χ1) is 13.4. The average molecular weight is 410 g/mol. The smallest absolute Gasteiger partial charge is 0.282 e. The van der Waals surface area contributed by atoms with Gasteiger partial charge in [-0.1, -0.05) is 59.7 Å². The van der Waals surface area contributed by atoms with Crippen LogP contribution >= 0.6 is 12.2 Å². The molecule has 0 atom stereocenters. The first kappa shape index (κ1) is 21.0. The summed E-state index contributed by atoms with van der Waals surface area (Å²) >= 11 is 5.32. The molecule has 152 valence electrons. The van der Waals surface area contributed by atoms with Crippen LogP contribution in [-0.2, 0) is 10.8 Å². The van der Waals surface area contributed by atoms with Gasteiger partial charge in [0.2, 0.25) is 4.77 Å². The van der Waals surface area contributed by atoms with Crippen LogP contribution < -0.4 is 5.56 Å². The van der Waals surface area contributed by atoms with Crippen molar-refractivity contribution in [2.45, 2.75) is 52.4 Å². The van der Waals surface area contributed by atoms with Crippen molar-refractivity contribution in [3.63, 3.8) is 0 Å². The molecule has 29 heavy (non-hydrogen) atoms. The predicted molar refractivity (Wildman–Crippen MR) is 122 cm³/mol. The average Bonchev–Trinajstić information content (AvgIpc) is 2.60. The Hall–Kier alpha value is -2.73. The Kier molecular flexibility index (Phi) is 5.26. The van der Waals surface area contributed by atoms with Gasteiger partial charge in [0.1, 0.15) is 5.75 Å². The highest BCUT2D eigenvalue weighted by Gasteiger charge is 2.24. The zero-order chi connectivity index (χ0) is 21.6. The van der Waals surface area contributed by atoms with Crippen molar-refractivity contribution in [2.75, 3.05) is 0 Å². The van der Waals surface area contributed by atoms with Gasteiger partial charge in [-0.25, -0.2) is 0 Å². The van der Waals surface area contributed by atoms with E-state index in [4.69, 9.17) is 12.2 Å². The van der Waals surface area contributed by atoms with Crippen LogP contribution in [0.3, 0.4) is 0 Å². The fourth-order valence-corrected chi connectivity index (χ4v) is 3.38. The Labute approximate surface area is 175 Å². The lowest BCUT2D eigenvalue weighted by atomic mass is 9.79. The summed E-state index contributed by atoms with van der Waals surface area (Å²) in [7, 11) is 0. The van der Waals surface area contributed by atoms with Crippen LogP contribution in [0.15, 0.2) is 46.3 Å². The maximum atomic E-state index is 12.8. The zero-order valence-electron chi connectivity index (χ0n) is 17.7. The van der Waals surface area contributed by atoms with Gasteiger partial charge in [-0.15, -0.1) is 0 Å². The minimum absolute atomic E-state index is 0.104. The Morgan fingerprint density at radius 2 is 1.72 bits per heavy atom. The van der Waals surface area contributed by atoms with E-state index in [1.54, 1.807) is 18.2 Å². The van der Waals surface area contributed by atoms with Gasteiger partial charge in [0.05, 0.1) is 17.1 Å². The van der Waals surface area contributed by atoms with Crippen molar-refractivity contribution in [2.24, 2.45) is 5.10 Å². The minimum atomic E-state index is -0.303. The summed E-state index contributed by atoms with van der Waals surface area (Å²) in [4.78, 5) is 15.8. The number of aromatic hydroxyl groups is 1. The predicted octanol–water partition coefficient (Wildman–Crippen LogP) is 5.24. The summed E-state index contributed by atoms with van der Waals surface area (Å²) in [5.41, 5.74) is 2.49. The third-order valence-electron chi connectivity index (χ3n) is 4.91. The second kappa shape index (κ2) is 7.26. The van der Waals surface area contributed by atoms with Gasteiger partial charge >= 0.3 is 0 Å². The van der Waals surface area contributed by atoms with Gasteiger partial charge in [-0.2, -0.15) is 9.78 Å². The van der Waals surface area contributed by atoms with Crippen LogP contribution in [-0.4, -0.2) is 21.0 Å². The van der Waals surface area contributed by atoms with E-state index in [-0.39, 0.29) is 26.9 Å². The second-order valence-corrected chi connectivity index (χ2v) is 9.69. The molecule has 0 fully saturated rings. The molecule has 6 heteroatoms. The van der Waals surface area contributed by atoms with E-state index in [0.717, 1.165) is 15.8 Å². The number of hydrogen-bond acceptors (Lipinski definition) is 4. The normalized spacial score (nSPS) is 12.8. The number of aromatic amines is 1. The number of H-pyrrole nitrogens is 1. The lowest BCUT2D eigenvalue weighted by molar-refractivity contribution is 0.444. The zero-order valence-corrected chi connectivity index (χ0v) is 18.5. The number of para-hydroxylation sites is 1. The molecule has 0 radical (unpaired) electrons. The molecular weight excluding hydrogens is 382 g/mol. The van der Waals surface area contributed by atoms with Crippen LogP contribution in [0.25, 0.3) is 10.9 Å². The SMILES string of the molecule is CC(C)(C)c1cc(/C=N/n2c(=S)[nH]c3ccccc3c2=O)c(O)c(C(C)(C)C)c1. The van der Waals surface area contributed by atoms with E-state index in [1.807, 2.05) is 18.2 Å². The molecule has 0 saturated heterocycles. The summed E-state index contributed by atoms with van der Waals surface area (Å²) in [6.45, 7) is 12.5. The van der Waals surface area contributed by atoms with E-state index in [1.165, 1.54) is 6.21 Å². The third kappa shape index (κ3) is 4.17. The fourth-order valence-electron chi connectivity index (χ4n) is 3.14. The Balaban J connectivity index is 2.21. The maximum Gasteiger partial charge on any atom is 0.282 e. The van der Waals surface area contributed by atoms with Crippen molar-refractivity contribution < 1.29 is 5.11 Å². The van der Waals surface area contributed by atoms with Gasteiger partial charge in [-0.05, 0) is 46.8 Å². The van der Waals surface area contributed by atoms with E-state index >= 15 is 0 Å². The standard InChI is InChI=1S/C23H27N3O2S/c1-22(2,3)15-11-14(19(27)17(12-15)23(4,5)6)13-24-26-20(28)16-9-7-8-10-18(16)25-21(26)29/h7-13,27H,1-6H3,(H,25,29)/b24-13+. The number of nitrogens with zero attached hydrogens (tertiary/aromatic N) is 2. The largest absolute Gasteiger partial charge is 0.507 e. The van der Waals surface area contributed by atoms with Crippen LogP contribution in [0.5, 0.6) is 5.75 Å². The number of phenolic OH excluding ortho intramolecular Hbond substituents is 1. The highest BCUT2D eigenvalue weighted by molar-refractivity contribution is 7.71.